The zero-order valence-corrected chi connectivity index (χ0v) is 6.92. The van der Waals surface area contributed by atoms with Gasteiger partial charge in [-0.25, -0.2) is 4.39 Å². The number of hydrogen-bond acceptors (Lipinski definition) is 2. The van der Waals surface area contributed by atoms with Crippen LogP contribution in [-0.2, 0) is 5.60 Å². The Bertz CT molecular complexity index is 390. The topological polar surface area (TPSA) is 44.0 Å². The summed E-state index contributed by atoms with van der Waals surface area (Å²) in [7, 11) is 0. The molecule has 0 unspecified atom stereocenters. The standard InChI is InChI=1S/C10H8FNO/c11-9-4-7(6-12)3-8(5-9)10(13)1-2-10/h3-5,13H,1-2H2. The van der Waals surface area contributed by atoms with Gasteiger partial charge in [-0.2, -0.15) is 5.26 Å². The summed E-state index contributed by atoms with van der Waals surface area (Å²) in [5.41, 5.74) is -0.0902. The van der Waals surface area contributed by atoms with Crippen LogP contribution in [-0.4, -0.2) is 5.11 Å². The Hall–Kier alpha value is -1.40. The number of halogens is 1. The summed E-state index contributed by atoms with van der Waals surface area (Å²) >= 11 is 0. The van der Waals surface area contributed by atoms with Crippen molar-refractivity contribution in [1.82, 2.24) is 0 Å². The monoisotopic (exact) mass is 177 g/mol. The largest absolute Gasteiger partial charge is 0.385 e. The predicted molar refractivity (Wildman–Crippen MR) is 44.2 cm³/mol. The summed E-state index contributed by atoms with van der Waals surface area (Å²) in [6.07, 6.45) is 1.31. The smallest absolute Gasteiger partial charge is 0.124 e. The fourth-order valence-corrected chi connectivity index (χ4v) is 1.33. The minimum Gasteiger partial charge on any atom is -0.385 e. The van der Waals surface area contributed by atoms with E-state index in [1.54, 1.807) is 0 Å². The molecule has 0 aliphatic heterocycles. The first-order valence-electron chi connectivity index (χ1n) is 4.08. The van der Waals surface area contributed by atoms with Crippen LogP contribution in [0.4, 0.5) is 4.39 Å². The third-order valence-electron chi connectivity index (χ3n) is 2.29. The molecule has 13 heavy (non-hydrogen) atoms. The Balaban J connectivity index is 2.48. The summed E-state index contributed by atoms with van der Waals surface area (Å²) in [5, 5.41) is 18.2. The van der Waals surface area contributed by atoms with Crippen molar-refractivity contribution in [2.75, 3.05) is 0 Å². The van der Waals surface area contributed by atoms with E-state index in [9.17, 15) is 9.50 Å². The van der Waals surface area contributed by atoms with Crippen LogP contribution in [0.25, 0.3) is 0 Å². The third kappa shape index (κ3) is 1.41. The van der Waals surface area contributed by atoms with Gasteiger partial charge in [0.05, 0.1) is 17.2 Å². The molecule has 0 heterocycles. The lowest BCUT2D eigenvalue weighted by Crippen LogP contribution is -2.04. The molecule has 0 atom stereocenters. The highest BCUT2D eigenvalue weighted by Crippen LogP contribution is 2.45. The van der Waals surface area contributed by atoms with Crippen LogP contribution in [0, 0.1) is 17.1 Å². The van der Waals surface area contributed by atoms with Gasteiger partial charge in [-0.15, -0.1) is 0 Å². The second-order valence-corrected chi connectivity index (χ2v) is 3.37. The van der Waals surface area contributed by atoms with Gasteiger partial charge in [0.2, 0.25) is 0 Å². The Morgan fingerprint density at radius 3 is 2.62 bits per heavy atom. The number of hydrogen-bond donors (Lipinski definition) is 1. The molecule has 3 heteroatoms. The average molecular weight is 177 g/mol. The highest BCUT2D eigenvalue weighted by atomic mass is 19.1. The van der Waals surface area contributed by atoms with Crippen molar-refractivity contribution in [3.8, 4) is 6.07 Å². The highest BCUT2D eigenvalue weighted by molar-refractivity contribution is 5.38. The SMILES string of the molecule is N#Cc1cc(F)cc(C2(O)CC2)c1. The molecule has 0 saturated heterocycles. The second kappa shape index (κ2) is 2.54. The molecule has 66 valence electrons. The quantitative estimate of drug-likeness (QED) is 0.709. The van der Waals surface area contributed by atoms with E-state index in [2.05, 4.69) is 0 Å². The summed E-state index contributed by atoms with van der Waals surface area (Å²) < 4.78 is 12.9. The van der Waals surface area contributed by atoms with E-state index in [0.717, 1.165) is 6.07 Å². The van der Waals surface area contributed by atoms with E-state index in [4.69, 9.17) is 5.26 Å². The van der Waals surface area contributed by atoms with Crippen LogP contribution in [0.2, 0.25) is 0 Å². The average Bonchev–Trinajstić information content (AvgIpc) is 2.84. The van der Waals surface area contributed by atoms with Crippen molar-refractivity contribution in [1.29, 1.82) is 5.26 Å². The van der Waals surface area contributed by atoms with Gasteiger partial charge in [0.15, 0.2) is 0 Å². The maximum Gasteiger partial charge on any atom is 0.124 e. The fraction of sp³-hybridized carbons (Fsp3) is 0.300. The summed E-state index contributed by atoms with van der Waals surface area (Å²) in [6, 6.07) is 5.84. The Morgan fingerprint density at radius 2 is 2.08 bits per heavy atom. The van der Waals surface area contributed by atoms with E-state index in [1.807, 2.05) is 6.07 Å². The summed E-state index contributed by atoms with van der Waals surface area (Å²) in [6.45, 7) is 0. The molecule has 1 aliphatic rings. The first-order chi connectivity index (χ1) is 6.14. The Morgan fingerprint density at radius 1 is 1.38 bits per heavy atom. The summed E-state index contributed by atoms with van der Waals surface area (Å²) in [5.74, 6) is -0.464. The van der Waals surface area contributed by atoms with Gasteiger partial charge in [0, 0.05) is 0 Å². The van der Waals surface area contributed by atoms with Crippen LogP contribution in [0.5, 0.6) is 0 Å². The first-order valence-corrected chi connectivity index (χ1v) is 4.08. The normalized spacial score (nSPS) is 17.9. The predicted octanol–water partition coefficient (Wildman–Crippen LogP) is 1.68. The number of nitrogens with zero attached hydrogens (tertiary/aromatic N) is 1. The van der Waals surface area contributed by atoms with Crippen LogP contribution in [0.3, 0.4) is 0 Å². The molecule has 0 amide bonds. The number of nitriles is 1. The van der Waals surface area contributed by atoms with Gasteiger partial charge in [-0.05, 0) is 36.6 Å². The zero-order chi connectivity index (χ0) is 9.47. The first kappa shape index (κ1) is 8.21. The fourth-order valence-electron chi connectivity index (χ4n) is 1.33. The molecule has 0 bridgehead atoms. The number of aliphatic hydroxyl groups is 1. The molecular formula is C10H8FNO. The molecule has 1 N–H and O–H groups in total. The molecule has 0 radical (unpaired) electrons. The van der Waals surface area contributed by atoms with Crippen molar-refractivity contribution in [2.45, 2.75) is 18.4 Å². The number of rotatable bonds is 1. The Labute approximate surface area is 75.2 Å². The third-order valence-corrected chi connectivity index (χ3v) is 2.29. The molecule has 0 spiro atoms. The Kier molecular flexibility index (Phi) is 1.61. The van der Waals surface area contributed by atoms with Crippen molar-refractivity contribution >= 4 is 0 Å². The van der Waals surface area contributed by atoms with Gasteiger partial charge in [-0.1, -0.05) is 0 Å². The van der Waals surface area contributed by atoms with Gasteiger partial charge in [0.25, 0.3) is 0 Å². The second-order valence-electron chi connectivity index (χ2n) is 3.37. The lowest BCUT2D eigenvalue weighted by atomic mass is 10.0. The minimum absolute atomic E-state index is 0.260. The molecule has 2 nitrogen and oxygen atoms in total. The molecule has 1 saturated carbocycles. The van der Waals surface area contributed by atoms with E-state index in [-0.39, 0.29) is 5.56 Å². The minimum atomic E-state index is -0.867. The van der Waals surface area contributed by atoms with Crippen LogP contribution in [0.1, 0.15) is 24.0 Å². The van der Waals surface area contributed by atoms with Gasteiger partial charge < -0.3 is 5.11 Å². The van der Waals surface area contributed by atoms with Gasteiger partial charge in [0.1, 0.15) is 5.82 Å². The maximum atomic E-state index is 12.9. The van der Waals surface area contributed by atoms with Crippen LogP contribution >= 0.6 is 0 Å². The zero-order valence-electron chi connectivity index (χ0n) is 6.92. The summed E-state index contributed by atoms with van der Waals surface area (Å²) in [4.78, 5) is 0. The van der Waals surface area contributed by atoms with Gasteiger partial charge in [-0.3, -0.25) is 0 Å². The van der Waals surface area contributed by atoms with Crippen molar-refractivity contribution in [3.05, 3.63) is 35.1 Å². The van der Waals surface area contributed by atoms with E-state index < -0.39 is 11.4 Å². The lowest BCUT2D eigenvalue weighted by Gasteiger charge is -2.07. The molecule has 1 fully saturated rings. The molecule has 0 aromatic heterocycles. The molecule has 1 aliphatic carbocycles. The van der Waals surface area contributed by atoms with Crippen LogP contribution < -0.4 is 0 Å². The van der Waals surface area contributed by atoms with E-state index >= 15 is 0 Å². The van der Waals surface area contributed by atoms with Crippen molar-refractivity contribution in [3.63, 3.8) is 0 Å². The number of benzene rings is 1. The molecule has 2 rings (SSSR count). The van der Waals surface area contributed by atoms with Crippen molar-refractivity contribution in [2.24, 2.45) is 0 Å². The highest BCUT2D eigenvalue weighted by Gasteiger charge is 2.42. The van der Waals surface area contributed by atoms with E-state index in [0.29, 0.717) is 18.4 Å². The lowest BCUT2D eigenvalue weighted by molar-refractivity contribution is 0.151. The maximum absolute atomic E-state index is 12.9. The van der Waals surface area contributed by atoms with Gasteiger partial charge >= 0.3 is 0 Å². The molecule has 1 aromatic carbocycles. The van der Waals surface area contributed by atoms with E-state index in [1.165, 1.54) is 12.1 Å². The molecular weight excluding hydrogens is 169 g/mol. The van der Waals surface area contributed by atoms with Crippen molar-refractivity contribution < 1.29 is 9.50 Å². The van der Waals surface area contributed by atoms with Crippen LogP contribution in [0.15, 0.2) is 18.2 Å². The molecule has 1 aromatic rings.